The summed E-state index contributed by atoms with van der Waals surface area (Å²) < 4.78 is 27.6. The third kappa shape index (κ3) is 3.20. The number of halogens is 2. The van der Waals surface area contributed by atoms with Gasteiger partial charge in [-0.25, -0.2) is 8.78 Å². The van der Waals surface area contributed by atoms with E-state index in [1.54, 1.807) is 0 Å². The number of aliphatic hydroxyl groups is 1. The Morgan fingerprint density at radius 1 is 1.20 bits per heavy atom. The molecule has 20 heavy (non-hydrogen) atoms. The van der Waals surface area contributed by atoms with E-state index in [0.717, 1.165) is 19.3 Å². The second kappa shape index (κ2) is 5.80. The zero-order chi connectivity index (χ0) is 14.9. The number of aliphatic hydroxyl groups excluding tert-OH is 1. The van der Waals surface area contributed by atoms with Crippen molar-refractivity contribution in [1.29, 1.82) is 0 Å². The van der Waals surface area contributed by atoms with Crippen LogP contribution >= 0.6 is 0 Å². The van der Waals surface area contributed by atoms with Gasteiger partial charge in [-0.2, -0.15) is 0 Å². The Morgan fingerprint density at radius 2 is 1.80 bits per heavy atom. The predicted octanol–water partition coefficient (Wildman–Crippen LogP) is 4.33. The van der Waals surface area contributed by atoms with E-state index in [1.165, 1.54) is 18.2 Å². The summed E-state index contributed by atoms with van der Waals surface area (Å²) in [5, 5.41) is 10.3. The normalized spacial score (nSPS) is 27.6. The first-order chi connectivity index (χ1) is 9.31. The Balaban J connectivity index is 2.18. The van der Waals surface area contributed by atoms with E-state index in [9.17, 15) is 13.9 Å². The predicted molar refractivity (Wildman–Crippen MR) is 76.4 cm³/mol. The van der Waals surface area contributed by atoms with Gasteiger partial charge in [0.05, 0.1) is 6.10 Å². The zero-order valence-corrected chi connectivity index (χ0v) is 12.5. The maximum atomic E-state index is 13.8. The molecule has 3 unspecified atom stereocenters. The van der Waals surface area contributed by atoms with E-state index in [2.05, 4.69) is 6.92 Å². The molecule has 112 valence electrons. The van der Waals surface area contributed by atoms with Crippen molar-refractivity contribution in [3.05, 3.63) is 35.4 Å². The highest BCUT2D eigenvalue weighted by molar-refractivity contribution is 5.21. The van der Waals surface area contributed by atoms with Crippen molar-refractivity contribution in [2.24, 2.45) is 17.3 Å². The minimum Gasteiger partial charge on any atom is -0.393 e. The van der Waals surface area contributed by atoms with Gasteiger partial charge in [0.25, 0.3) is 0 Å². The van der Waals surface area contributed by atoms with Crippen molar-refractivity contribution in [3.8, 4) is 0 Å². The van der Waals surface area contributed by atoms with Crippen LogP contribution in [0.2, 0.25) is 0 Å². The van der Waals surface area contributed by atoms with E-state index < -0.39 is 11.6 Å². The third-order valence-electron chi connectivity index (χ3n) is 4.78. The zero-order valence-electron chi connectivity index (χ0n) is 12.5. The van der Waals surface area contributed by atoms with Crippen molar-refractivity contribution in [2.45, 2.75) is 52.6 Å². The van der Waals surface area contributed by atoms with Crippen LogP contribution in [0, 0.1) is 28.9 Å². The van der Waals surface area contributed by atoms with Gasteiger partial charge in [0.1, 0.15) is 11.6 Å². The highest BCUT2D eigenvalue weighted by atomic mass is 19.1. The number of rotatable bonds is 3. The van der Waals surface area contributed by atoms with Gasteiger partial charge in [0.2, 0.25) is 0 Å². The van der Waals surface area contributed by atoms with Gasteiger partial charge in [0.15, 0.2) is 0 Å². The van der Waals surface area contributed by atoms with Crippen LogP contribution in [-0.4, -0.2) is 11.2 Å². The summed E-state index contributed by atoms with van der Waals surface area (Å²) in [6.07, 6.45) is 2.73. The molecule has 1 aliphatic rings. The Labute approximate surface area is 120 Å². The largest absolute Gasteiger partial charge is 0.393 e. The van der Waals surface area contributed by atoms with Crippen molar-refractivity contribution in [1.82, 2.24) is 0 Å². The van der Waals surface area contributed by atoms with Gasteiger partial charge in [-0.1, -0.05) is 33.3 Å². The van der Waals surface area contributed by atoms with Gasteiger partial charge in [-0.05, 0) is 48.6 Å². The van der Waals surface area contributed by atoms with Crippen molar-refractivity contribution in [2.75, 3.05) is 0 Å². The van der Waals surface area contributed by atoms with E-state index in [1.807, 2.05) is 13.8 Å². The molecular weight excluding hydrogens is 258 g/mol. The lowest BCUT2D eigenvalue weighted by molar-refractivity contribution is -0.0131. The molecule has 0 aromatic heterocycles. The van der Waals surface area contributed by atoms with E-state index >= 15 is 0 Å². The van der Waals surface area contributed by atoms with Gasteiger partial charge in [0, 0.05) is 5.56 Å². The molecule has 1 aromatic carbocycles. The third-order valence-corrected chi connectivity index (χ3v) is 4.78. The van der Waals surface area contributed by atoms with Gasteiger partial charge < -0.3 is 5.11 Å². The lowest BCUT2D eigenvalue weighted by Gasteiger charge is -2.42. The fourth-order valence-corrected chi connectivity index (χ4v) is 3.55. The van der Waals surface area contributed by atoms with Crippen LogP contribution in [0.4, 0.5) is 8.78 Å². The van der Waals surface area contributed by atoms with Crippen LogP contribution in [0.25, 0.3) is 0 Å². The molecule has 0 aliphatic heterocycles. The van der Waals surface area contributed by atoms with Crippen molar-refractivity contribution in [3.63, 3.8) is 0 Å². The van der Waals surface area contributed by atoms with Gasteiger partial charge in [-0.3, -0.25) is 0 Å². The molecule has 3 atom stereocenters. The Hall–Kier alpha value is -0.960. The molecule has 1 aromatic rings. The summed E-state index contributed by atoms with van der Waals surface area (Å²) in [6, 6.07) is 3.99. The molecule has 0 bridgehead atoms. The number of benzene rings is 1. The minimum absolute atomic E-state index is 0.0951. The minimum atomic E-state index is -0.489. The highest BCUT2D eigenvalue weighted by Gasteiger charge is 2.39. The second-order valence-electron chi connectivity index (χ2n) is 6.96. The monoisotopic (exact) mass is 282 g/mol. The molecule has 1 aliphatic carbocycles. The second-order valence-corrected chi connectivity index (χ2v) is 6.96. The first kappa shape index (κ1) is 15.4. The highest BCUT2D eigenvalue weighted by Crippen LogP contribution is 2.42. The summed E-state index contributed by atoms with van der Waals surface area (Å²) in [7, 11) is 0. The first-order valence-corrected chi connectivity index (χ1v) is 7.42. The van der Waals surface area contributed by atoms with Crippen LogP contribution in [0.15, 0.2) is 18.2 Å². The Bertz CT molecular complexity index is 450. The Morgan fingerprint density at radius 3 is 2.35 bits per heavy atom. The molecule has 0 saturated heterocycles. The van der Waals surface area contributed by atoms with Crippen LogP contribution in [0.5, 0.6) is 0 Å². The molecule has 1 nitrogen and oxygen atoms in total. The van der Waals surface area contributed by atoms with Gasteiger partial charge >= 0.3 is 0 Å². The SMILES string of the molecule is CC1CCC(C(C)(C)Cc2c(F)cccc2F)C(O)C1. The molecule has 2 rings (SSSR count). The summed E-state index contributed by atoms with van der Waals surface area (Å²) in [5.74, 6) is -0.353. The topological polar surface area (TPSA) is 20.2 Å². The van der Waals surface area contributed by atoms with Crippen LogP contribution in [0.3, 0.4) is 0 Å². The standard InChI is InChI=1S/C17H24F2O/c1-11-7-8-13(16(20)9-11)17(2,3)10-12-14(18)5-4-6-15(12)19/h4-6,11,13,16,20H,7-10H2,1-3H3. The molecule has 1 N–H and O–H groups in total. The lowest BCUT2D eigenvalue weighted by Crippen LogP contribution is -2.40. The summed E-state index contributed by atoms with van der Waals surface area (Å²) in [4.78, 5) is 0. The fourth-order valence-electron chi connectivity index (χ4n) is 3.55. The van der Waals surface area contributed by atoms with Crippen LogP contribution in [0.1, 0.15) is 45.6 Å². The molecule has 0 radical (unpaired) electrons. The first-order valence-electron chi connectivity index (χ1n) is 7.42. The average molecular weight is 282 g/mol. The lowest BCUT2D eigenvalue weighted by atomic mass is 9.65. The number of hydrogen-bond acceptors (Lipinski definition) is 1. The Kier molecular flexibility index (Phi) is 4.48. The molecular formula is C17H24F2O. The van der Waals surface area contributed by atoms with Crippen molar-refractivity contribution < 1.29 is 13.9 Å². The van der Waals surface area contributed by atoms with Crippen LogP contribution in [-0.2, 0) is 6.42 Å². The molecule has 0 heterocycles. The molecule has 0 spiro atoms. The van der Waals surface area contributed by atoms with E-state index in [4.69, 9.17) is 0 Å². The quantitative estimate of drug-likeness (QED) is 0.875. The van der Waals surface area contributed by atoms with Crippen molar-refractivity contribution >= 4 is 0 Å². The molecule has 1 saturated carbocycles. The molecule has 1 fully saturated rings. The van der Waals surface area contributed by atoms with Crippen LogP contribution < -0.4 is 0 Å². The summed E-state index contributed by atoms with van der Waals surface area (Å²) >= 11 is 0. The molecule has 0 amide bonds. The summed E-state index contributed by atoms with van der Waals surface area (Å²) in [5.41, 5.74) is -0.175. The van der Waals surface area contributed by atoms with E-state index in [0.29, 0.717) is 12.3 Å². The maximum absolute atomic E-state index is 13.8. The summed E-state index contributed by atoms with van der Waals surface area (Å²) in [6.45, 7) is 6.15. The molecule has 3 heteroatoms. The average Bonchev–Trinajstić information content (AvgIpc) is 2.33. The smallest absolute Gasteiger partial charge is 0.129 e. The maximum Gasteiger partial charge on any atom is 0.129 e. The fraction of sp³-hybridized carbons (Fsp3) is 0.647. The van der Waals surface area contributed by atoms with E-state index in [-0.39, 0.29) is 23.0 Å². The van der Waals surface area contributed by atoms with Gasteiger partial charge in [-0.15, -0.1) is 0 Å². The number of hydrogen-bond donors (Lipinski definition) is 1.